The zero-order chi connectivity index (χ0) is 17.4. The van der Waals surface area contributed by atoms with Gasteiger partial charge in [-0.15, -0.1) is 0 Å². The highest BCUT2D eigenvalue weighted by Gasteiger charge is 2.35. The maximum atomic E-state index is 12.8. The minimum absolute atomic E-state index is 0.0239. The molecule has 1 aliphatic heterocycles. The summed E-state index contributed by atoms with van der Waals surface area (Å²) in [7, 11) is -3.88. The molecule has 0 radical (unpaired) electrons. The van der Waals surface area contributed by atoms with Crippen LogP contribution in [0.4, 0.5) is 5.69 Å². The van der Waals surface area contributed by atoms with Gasteiger partial charge in [-0.1, -0.05) is 0 Å². The quantitative estimate of drug-likeness (QED) is 0.665. The third-order valence-electron chi connectivity index (χ3n) is 4.63. The van der Waals surface area contributed by atoms with Crippen LogP contribution >= 0.6 is 0 Å². The molecule has 0 aliphatic carbocycles. The topological polar surface area (TPSA) is 107 Å². The van der Waals surface area contributed by atoms with Gasteiger partial charge in [0.25, 0.3) is 5.69 Å². The van der Waals surface area contributed by atoms with Gasteiger partial charge >= 0.3 is 0 Å². The van der Waals surface area contributed by atoms with E-state index in [1.807, 2.05) is 6.92 Å². The van der Waals surface area contributed by atoms with Crippen molar-refractivity contribution >= 4 is 15.7 Å². The molecule has 23 heavy (non-hydrogen) atoms. The number of sulfonamides is 1. The van der Waals surface area contributed by atoms with E-state index in [1.165, 1.54) is 16.4 Å². The molecule has 0 amide bonds. The Morgan fingerprint density at radius 1 is 1.26 bits per heavy atom. The van der Waals surface area contributed by atoms with Gasteiger partial charge in [-0.2, -0.15) is 4.31 Å². The van der Waals surface area contributed by atoms with Crippen molar-refractivity contribution in [2.24, 2.45) is 11.7 Å². The van der Waals surface area contributed by atoms with Gasteiger partial charge in [0.2, 0.25) is 10.0 Å². The summed E-state index contributed by atoms with van der Waals surface area (Å²) < 4.78 is 27.0. The van der Waals surface area contributed by atoms with Crippen molar-refractivity contribution in [3.8, 4) is 0 Å². The van der Waals surface area contributed by atoms with E-state index in [-0.39, 0.29) is 22.5 Å². The standard InChI is InChI=1S/C15H23N3O4S/c1-10-8-14(18(19)20)15(9-11(10)2)23(21,22)17-6-4-13(5-7-17)12(3)16/h8-9,12-13H,4-7,16H2,1-3H3. The molecule has 1 fully saturated rings. The molecule has 1 saturated heterocycles. The molecule has 128 valence electrons. The molecular weight excluding hydrogens is 318 g/mol. The molecule has 2 N–H and O–H groups in total. The van der Waals surface area contributed by atoms with Crippen LogP contribution in [0.15, 0.2) is 17.0 Å². The largest absolute Gasteiger partial charge is 0.328 e. The molecule has 0 bridgehead atoms. The number of piperidine rings is 1. The van der Waals surface area contributed by atoms with Crippen LogP contribution in [0, 0.1) is 29.9 Å². The number of nitro benzene ring substituents is 1. The first-order chi connectivity index (χ1) is 10.6. The van der Waals surface area contributed by atoms with Crippen LogP contribution in [-0.2, 0) is 10.0 Å². The Labute approximate surface area is 136 Å². The first kappa shape index (κ1) is 17.8. The van der Waals surface area contributed by atoms with Crippen LogP contribution in [-0.4, -0.2) is 36.8 Å². The Balaban J connectivity index is 2.37. The van der Waals surface area contributed by atoms with Gasteiger partial charge in [0.15, 0.2) is 4.90 Å². The van der Waals surface area contributed by atoms with Gasteiger partial charge in [0.1, 0.15) is 0 Å². The van der Waals surface area contributed by atoms with Crippen molar-refractivity contribution < 1.29 is 13.3 Å². The second-order valence-corrected chi connectivity index (χ2v) is 8.17. The van der Waals surface area contributed by atoms with Crippen LogP contribution in [0.3, 0.4) is 0 Å². The van der Waals surface area contributed by atoms with Gasteiger partial charge < -0.3 is 5.73 Å². The molecule has 1 unspecified atom stereocenters. The summed E-state index contributed by atoms with van der Waals surface area (Å²) >= 11 is 0. The van der Waals surface area contributed by atoms with Crippen molar-refractivity contribution in [2.45, 2.75) is 44.6 Å². The maximum absolute atomic E-state index is 12.8. The Bertz CT molecular complexity index is 708. The number of nitrogens with zero attached hydrogens (tertiary/aromatic N) is 2. The number of rotatable bonds is 4. The van der Waals surface area contributed by atoms with Gasteiger partial charge in [-0.3, -0.25) is 10.1 Å². The predicted octanol–water partition coefficient (Wildman–Crippen LogP) is 1.96. The number of benzene rings is 1. The van der Waals surface area contributed by atoms with Crippen LogP contribution in [0.5, 0.6) is 0 Å². The summed E-state index contributed by atoms with van der Waals surface area (Å²) in [5, 5.41) is 11.3. The lowest BCUT2D eigenvalue weighted by molar-refractivity contribution is -0.387. The Morgan fingerprint density at radius 3 is 2.26 bits per heavy atom. The molecule has 2 rings (SSSR count). The second kappa shape index (κ2) is 6.54. The fourth-order valence-corrected chi connectivity index (χ4v) is 4.60. The minimum atomic E-state index is -3.88. The van der Waals surface area contributed by atoms with Gasteiger partial charge in [-0.25, -0.2) is 8.42 Å². The molecule has 1 aromatic carbocycles. The highest BCUT2D eigenvalue weighted by Crippen LogP contribution is 2.32. The molecule has 7 nitrogen and oxygen atoms in total. The fourth-order valence-electron chi connectivity index (χ4n) is 2.90. The van der Waals surface area contributed by atoms with E-state index in [0.29, 0.717) is 31.5 Å². The summed E-state index contributed by atoms with van der Waals surface area (Å²) in [5.41, 5.74) is 6.94. The third-order valence-corrected chi connectivity index (χ3v) is 6.56. The van der Waals surface area contributed by atoms with Crippen LogP contribution < -0.4 is 5.73 Å². The van der Waals surface area contributed by atoms with Gasteiger partial charge in [-0.05, 0) is 56.7 Å². The predicted molar refractivity (Wildman–Crippen MR) is 87.7 cm³/mol. The summed E-state index contributed by atoms with van der Waals surface area (Å²) in [6.07, 6.45) is 1.35. The van der Waals surface area contributed by atoms with Crippen molar-refractivity contribution in [1.29, 1.82) is 0 Å². The highest BCUT2D eigenvalue weighted by molar-refractivity contribution is 7.89. The zero-order valence-electron chi connectivity index (χ0n) is 13.7. The molecule has 1 atom stereocenters. The average molecular weight is 341 g/mol. The molecule has 1 aliphatic rings. The van der Waals surface area contributed by atoms with E-state index < -0.39 is 14.9 Å². The molecule has 0 saturated carbocycles. The second-order valence-electron chi connectivity index (χ2n) is 6.26. The number of hydrogen-bond donors (Lipinski definition) is 1. The lowest BCUT2D eigenvalue weighted by atomic mass is 9.92. The van der Waals surface area contributed by atoms with E-state index >= 15 is 0 Å². The lowest BCUT2D eigenvalue weighted by Gasteiger charge is -2.32. The first-order valence-corrected chi connectivity index (χ1v) is 9.10. The number of nitrogens with two attached hydrogens (primary N) is 1. The Morgan fingerprint density at radius 2 is 1.78 bits per heavy atom. The first-order valence-electron chi connectivity index (χ1n) is 7.66. The van der Waals surface area contributed by atoms with E-state index in [0.717, 1.165) is 5.56 Å². The van der Waals surface area contributed by atoms with E-state index in [1.54, 1.807) is 13.8 Å². The maximum Gasteiger partial charge on any atom is 0.289 e. The molecule has 0 aromatic heterocycles. The Kier molecular flexibility index (Phi) is 5.07. The number of nitro groups is 1. The minimum Gasteiger partial charge on any atom is -0.328 e. The van der Waals surface area contributed by atoms with Crippen LogP contribution in [0.25, 0.3) is 0 Å². The average Bonchev–Trinajstić information content (AvgIpc) is 2.49. The summed E-state index contributed by atoms with van der Waals surface area (Å²) in [5.74, 6) is 0.288. The van der Waals surface area contributed by atoms with E-state index in [2.05, 4.69) is 0 Å². The normalized spacial score (nSPS) is 18.8. The van der Waals surface area contributed by atoms with E-state index in [4.69, 9.17) is 5.73 Å². The molecule has 1 aromatic rings. The van der Waals surface area contributed by atoms with Crippen LogP contribution in [0.1, 0.15) is 30.9 Å². The molecular formula is C15H23N3O4S. The lowest BCUT2D eigenvalue weighted by Crippen LogP contribution is -2.42. The molecule has 1 heterocycles. The van der Waals surface area contributed by atoms with Crippen molar-refractivity contribution in [3.05, 3.63) is 33.4 Å². The van der Waals surface area contributed by atoms with Crippen molar-refractivity contribution in [2.75, 3.05) is 13.1 Å². The van der Waals surface area contributed by atoms with E-state index in [9.17, 15) is 18.5 Å². The fraction of sp³-hybridized carbons (Fsp3) is 0.600. The third kappa shape index (κ3) is 3.54. The number of aryl methyl sites for hydroxylation is 2. The Hall–Kier alpha value is -1.51. The van der Waals surface area contributed by atoms with Gasteiger partial charge in [0, 0.05) is 25.2 Å². The summed E-state index contributed by atoms with van der Waals surface area (Å²) in [4.78, 5) is 10.4. The number of hydrogen-bond acceptors (Lipinski definition) is 5. The summed E-state index contributed by atoms with van der Waals surface area (Å²) in [6.45, 7) is 6.09. The van der Waals surface area contributed by atoms with Crippen molar-refractivity contribution in [3.63, 3.8) is 0 Å². The smallest absolute Gasteiger partial charge is 0.289 e. The molecule has 0 spiro atoms. The zero-order valence-corrected chi connectivity index (χ0v) is 14.5. The molecule has 8 heteroatoms. The SMILES string of the molecule is Cc1cc([N+](=O)[O-])c(S(=O)(=O)N2CCC(C(C)N)CC2)cc1C. The van der Waals surface area contributed by atoms with Crippen LogP contribution in [0.2, 0.25) is 0 Å². The van der Waals surface area contributed by atoms with Crippen molar-refractivity contribution in [1.82, 2.24) is 4.31 Å². The van der Waals surface area contributed by atoms with Gasteiger partial charge in [0.05, 0.1) is 4.92 Å². The summed E-state index contributed by atoms with van der Waals surface area (Å²) in [6, 6.07) is 2.76. The monoisotopic (exact) mass is 341 g/mol. The highest BCUT2D eigenvalue weighted by atomic mass is 32.2.